The lowest BCUT2D eigenvalue weighted by Gasteiger charge is -2.32. The lowest BCUT2D eigenvalue weighted by atomic mass is 9.96. The zero-order valence-electron chi connectivity index (χ0n) is 20.1. The number of nitrogens with one attached hydrogen (secondary N) is 2. The molecule has 1 aliphatic carbocycles. The van der Waals surface area contributed by atoms with Gasteiger partial charge in [-0.25, -0.2) is 0 Å². The molecule has 2 aliphatic rings. The van der Waals surface area contributed by atoms with E-state index in [0.29, 0.717) is 12.6 Å². The lowest BCUT2D eigenvalue weighted by molar-refractivity contribution is 0.0367. The van der Waals surface area contributed by atoms with Crippen molar-refractivity contribution < 1.29 is 4.74 Å². The van der Waals surface area contributed by atoms with E-state index in [-0.39, 0.29) is 5.56 Å². The highest BCUT2D eigenvalue weighted by Gasteiger charge is 2.19. The zero-order chi connectivity index (χ0) is 23.2. The summed E-state index contributed by atoms with van der Waals surface area (Å²) in [4.78, 5) is 20.7. The Hall–Kier alpha value is -1.96. The van der Waals surface area contributed by atoms with Gasteiger partial charge in [0, 0.05) is 48.7 Å². The number of ether oxygens (including phenoxy) is 1. The van der Waals surface area contributed by atoms with Crippen molar-refractivity contribution in [1.82, 2.24) is 20.1 Å². The summed E-state index contributed by atoms with van der Waals surface area (Å²) in [6, 6.07) is 6.72. The van der Waals surface area contributed by atoms with Gasteiger partial charge in [0.2, 0.25) is 0 Å². The summed E-state index contributed by atoms with van der Waals surface area (Å²) in [6.07, 6.45) is 7.21. The Bertz CT molecular complexity index is 1010. The van der Waals surface area contributed by atoms with Crippen LogP contribution in [0.4, 0.5) is 0 Å². The van der Waals surface area contributed by atoms with Gasteiger partial charge < -0.3 is 19.9 Å². The van der Waals surface area contributed by atoms with Gasteiger partial charge in [-0.3, -0.25) is 9.69 Å². The van der Waals surface area contributed by atoms with E-state index in [1.54, 1.807) is 0 Å². The van der Waals surface area contributed by atoms with Crippen LogP contribution in [-0.4, -0.2) is 65.3 Å². The number of nitrogens with zero attached hydrogens (tertiary/aromatic N) is 2. The highest BCUT2D eigenvalue weighted by atomic mass is 32.1. The smallest absolute Gasteiger partial charge is 0.253 e. The van der Waals surface area contributed by atoms with Crippen molar-refractivity contribution in [3.8, 4) is 0 Å². The molecule has 0 spiro atoms. The van der Waals surface area contributed by atoms with E-state index in [4.69, 9.17) is 17.0 Å². The number of morpholine rings is 1. The maximum atomic E-state index is 13.0. The molecule has 1 saturated carbocycles. The first-order valence-electron chi connectivity index (χ1n) is 12.5. The molecular weight excluding hydrogens is 432 g/mol. The lowest BCUT2D eigenvalue weighted by Crippen LogP contribution is -2.46. The number of fused-ring (bicyclic) bond motifs is 1. The van der Waals surface area contributed by atoms with E-state index in [2.05, 4.69) is 46.1 Å². The van der Waals surface area contributed by atoms with Crippen LogP contribution >= 0.6 is 12.2 Å². The fourth-order valence-electron chi connectivity index (χ4n) is 5.11. The third kappa shape index (κ3) is 6.55. The monoisotopic (exact) mass is 470 g/mol. The first-order chi connectivity index (χ1) is 16.0. The summed E-state index contributed by atoms with van der Waals surface area (Å²) in [5.41, 5.74) is 4.00. The highest BCUT2D eigenvalue weighted by molar-refractivity contribution is 7.80. The van der Waals surface area contributed by atoms with E-state index in [1.165, 1.54) is 37.7 Å². The standard InChI is InChI=1S/C26H38N4O2S/c1-19-15-20(2)23-17-21(25(31)28-24(23)16-19)18-30(10-6-9-29-11-13-32-14-12-29)26(33)27-22-7-4-3-5-8-22/h15-17,22H,3-14,18H2,1-2H3,(H,27,33)(H,28,31). The molecule has 33 heavy (non-hydrogen) atoms. The van der Waals surface area contributed by atoms with Gasteiger partial charge in [-0.05, 0) is 68.6 Å². The minimum absolute atomic E-state index is 0.0221. The van der Waals surface area contributed by atoms with Crippen molar-refractivity contribution >= 4 is 28.2 Å². The fourth-order valence-corrected chi connectivity index (χ4v) is 5.44. The number of hydrogen-bond donors (Lipinski definition) is 2. The highest BCUT2D eigenvalue weighted by Crippen LogP contribution is 2.20. The summed E-state index contributed by atoms with van der Waals surface area (Å²) in [5, 5.41) is 5.50. The van der Waals surface area contributed by atoms with Gasteiger partial charge in [0.05, 0.1) is 19.8 Å². The van der Waals surface area contributed by atoms with Crippen LogP contribution in [0.25, 0.3) is 10.9 Å². The van der Waals surface area contributed by atoms with Gasteiger partial charge in [-0.2, -0.15) is 0 Å². The van der Waals surface area contributed by atoms with Gasteiger partial charge in [0.15, 0.2) is 5.11 Å². The Morgan fingerprint density at radius 3 is 2.70 bits per heavy atom. The molecule has 180 valence electrons. The van der Waals surface area contributed by atoms with E-state index in [1.807, 2.05) is 6.07 Å². The quantitative estimate of drug-likeness (QED) is 0.599. The maximum absolute atomic E-state index is 13.0. The third-order valence-corrected chi connectivity index (χ3v) is 7.35. The summed E-state index contributed by atoms with van der Waals surface area (Å²) < 4.78 is 5.47. The van der Waals surface area contributed by atoms with Crippen LogP contribution in [-0.2, 0) is 11.3 Å². The number of H-pyrrole nitrogens is 1. The van der Waals surface area contributed by atoms with Crippen molar-refractivity contribution in [1.29, 1.82) is 0 Å². The summed E-state index contributed by atoms with van der Waals surface area (Å²) in [6.45, 7) is 10.2. The number of hydrogen-bond acceptors (Lipinski definition) is 4. The van der Waals surface area contributed by atoms with Crippen molar-refractivity contribution in [2.45, 2.75) is 65.0 Å². The molecule has 1 aliphatic heterocycles. The summed E-state index contributed by atoms with van der Waals surface area (Å²) in [5.74, 6) is 0. The number of thiocarbonyl (C=S) groups is 1. The number of rotatable bonds is 7. The van der Waals surface area contributed by atoms with Gasteiger partial charge in [0.1, 0.15) is 0 Å². The topological polar surface area (TPSA) is 60.6 Å². The molecule has 7 heteroatoms. The van der Waals surface area contributed by atoms with E-state index < -0.39 is 0 Å². The molecule has 1 aromatic heterocycles. The molecule has 4 rings (SSSR count). The minimum Gasteiger partial charge on any atom is -0.379 e. The van der Waals surface area contributed by atoms with Gasteiger partial charge in [0.25, 0.3) is 5.56 Å². The average molecular weight is 471 g/mol. The Kier molecular flexibility index (Phi) is 8.39. The Morgan fingerprint density at radius 2 is 1.94 bits per heavy atom. The number of benzene rings is 1. The summed E-state index contributed by atoms with van der Waals surface area (Å²) >= 11 is 5.88. The number of aromatic nitrogens is 1. The van der Waals surface area contributed by atoms with Gasteiger partial charge in [-0.1, -0.05) is 25.3 Å². The number of aryl methyl sites for hydroxylation is 2. The second-order valence-electron chi connectivity index (χ2n) is 9.68. The van der Waals surface area contributed by atoms with Crippen LogP contribution < -0.4 is 10.9 Å². The molecule has 2 aromatic rings. The Labute approximate surface area is 202 Å². The average Bonchev–Trinajstić information content (AvgIpc) is 2.80. The Morgan fingerprint density at radius 1 is 1.18 bits per heavy atom. The molecule has 1 saturated heterocycles. The number of pyridine rings is 1. The minimum atomic E-state index is -0.0221. The first-order valence-corrected chi connectivity index (χ1v) is 12.9. The second kappa shape index (κ2) is 11.4. The first kappa shape index (κ1) is 24.2. The Balaban J connectivity index is 1.49. The van der Waals surface area contributed by atoms with E-state index >= 15 is 0 Å². The van der Waals surface area contributed by atoms with Crippen LogP contribution in [0.5, 0.6) is 0 Å². The molecule has 0 unspecified atom stereocenters. The summed E-state index contributed by atoms with van der Waals surface area (Å²) in [7, 11) is 0. The number of aromatic amines is 1. The molecule has 2 N–H and O–H groups in total. The van der Waals surface area contributed by atoms with Crippen LogP contribution in [0.3, 0.4) is 0 Å². The van der Waals surface area contributed by atoms with Crippen molar-refractivity contribution in [3.63, 3.8) is 0 Å². The predicted molar refractivity (Wildman–Crippen MR) is 139 cm³/mol. The predicted octanol–water partition coefficient (Wildman–Crippen LogP) is 3.88. The molecule has 2 fully saturated rings. The normalized spacial score (nSPS) is 17.9. The fraction of sp³-hybridized carbons (Fsp3) is 0.615. The van der Waals surface area contributed by atoms with Crippen LogP contribution in [0.15, 0.2) is 23.0 Å². The molecule has 6 nitrogen and oxygen atoms in total. The van der Waals surface area contributed by atoms with Gasteiger partial charge in [-0.15, -0.1) is 0 Å². The van der Waals surface area contributed by atoms with Crippen LogP contribution in [0.1, 0.15) is 55.2 Å². The zero-order valence-corrected chi connectivity index (χ0v) is 20.9. The maximum Gasteiger partial charge on any atom is 0.253 e. The molecule has 1 aromatic carbocycles. The largest absolute Gasteiger partial charge is 0.379 e. The van der Waals surface area contributed by atoms with E-state index in [0.717, 1.165) is 73.0 Å². The van der Waals surface area contributed by atoms with Crippen molar-refractivity contribution in [3.05, 3.63) is 45.2 Å². The molecule has 0 atom stereocenters. The SMILES string of the molecule is Cc1cc(C)c2cc(CN(CCCN3CCOCC3)C(=S)NC3CCCCC3)c(=O)[nH]c2c1. The molecule has 0 radical (unpaired) electrons. The van der Waals surface area contributed by atoms with E-state index in [9.17, 15) is 4.79 Å². The van der Waals surface area contributed by atoms with Gasteiger partial charge >= 0.3 is 0 Å². The molecular formula is C26H38N4O2S. The molecule has 0 bridgehead atoms. The molecule has 0 amide bonds. The second-order valence-corrected chi connectivity index (χ2v) is 10.1. The van der Waals surface area contributed by atoms with Crippen LogP contribution in [0.2, 0.25) is 0 Å². The molecule has 2 heterocycles. The third-order valence-electron chi connectivity index (χ3n) is 6.98. The van der Waals surface area contributed by atoms with Crippen molar-refractivity contribution in [2.24, 2.45) is 0 Å². The van der Waals surface area contributed by atoms with Crippen LogP contribution in [0, 0.1) is 13.8 Å². The van der Waals surface area contributed by atoms with Crippen molar-refractivity contribution in [2.75, 3.05) is 39.4 Å².